The van der Waals surface area contributed by atoms with Gasteiger partial charge >= 0.3 is 0 Å². The van der Waals surface area contributed by atoms with Crippen molar-refractivity contribution in [2.24, 2.45) is 0 Å². The Labute approximate surface area is 144 Å². The Balaban J connectivity index is 2.87. The summed E-state index contributed by atoms with van der Waals surface area (Å²) in [5, 5.41) is 0.321. The van der Waals surface area contributed by atoms with E-state index in [-0.39, 0.29) is 47.0 Å². The fourth-order valence-corrected chi connectivity index (χ4v) is 3.10. The normalized spacial score (nSPS) is 10.7. The number of carbonyl (C=O) groups is 1. The number of benzene rings is 1. The highest BCUT2D eigenvalue weighted by molar-refractivity contribution is 6.56. The van der Waals surface area contributed by atoms with Crippen LogP contribution < -0.4 is 0 Å². The van der Waals surface area contributed by atoms with Crippen molar-refractivity contribution in [3.8, 4) is 11.3 Å². The lowest BCUT2D eigenvalue weighted by atomic mass is 10.1. The van der Waals surface area contributed by atoms with Gasteiger partial charge in [-0.3, -0.25) is 9.78 Å². The number of hydrogen-bond acceptors (Lipinski definition) is 2. The minimum Gasteiger partial charge on any atom is -0.298 e. The minimum absolute atomic E-state index is 0.0344. The van der Waals surface area contributed by atoms with E-state index in [9.17, 15) is 4.79 Å². The van der Waals surface area contributed by atoms with Gasteiger partial charge in [-0.15, -0.1) is 0 Å². The third-order valence-electron chi connectivity index (χ3n) is 2.49. The van der Waals surface area contributed by atoms with E-state index in [2.05, 4.69) is 4.98 Å². The molecule has 1 aromatic heterocycles. The second-order valence-electron chi connectivity index (χ2n) is 3.63. The molecule has 0 spiro atoms. The van der Waals surface area contributed by atoms with E-state index in [1.54, 1.807) is 0 Å². The molecule has 2 rings (SSSR count). The van der Waals surface area contributed by atoms with Crippen LogP contribution in [0.4, 0.5) is 0 Å². The van der Waals surface area contributed by atoms with Crippen LogP contribution in [0, 0.1) is 0 Å². The van der Waals surface area contributed by atoms with Gasteiger partial charge in [-0.05, 0) is 6.07 Å². The summed E-state index contributed by atoms with van der Waals surface area (Å²) >= 11 is 36.2. The predicted octanol–water partition coefficient (Wildman–Crippen LogP) is 6.48. The van der Waals surface area contributed by atoms with E-state index in [0.29, 0.717) is 6.29 Å². The molecule has 104 valence electrons. The molecule has 20 heavy (non-hydrogen) atoms. The number of aldehydes is 1. The Bertz CT molecular complexity index is 687. The number of rotatable bonds is 2. The minimum atomic E-state index is 0.0344. The average molecular weight is 390 g/mol. The maximum Gasteiger partial charge on any atom is 0.151 e. The van der Waals surface area contributed by atoms with E-state index >= 15 is 0 Å². The van der Waals surface area contributed by atoms with Crippen LogP contribution in [0.25, 0.3) is 11.3 Å². The molecule has 0 aliphatic rings. The van der Waals surface area contributed by atoms with Crippen LogP contribution in [0.2, 0.25) is 30.1 Å². The highest BCUT2D eigenvalue weighted by Crippen LogP contribution is 2.49. The molecule has 0 radical (unpaired) electrons. The van der Waals surface area contributed by atoms with E-state index in [4.69, 9.17) is 69.6 Å². The Morgan fingerprint density at radius 1 is 0.800 bits per heavy atom. The third kappa shape index (κ3) is 2.61. The van der Waals surface area contributed by atoms with Gasteiger partial charge in [0.1, 0.15) is 0 Å². The molecule has 0 saturated heterocycles. The molecule has 0 saturated carbocycles. The smallest absolute Gasteiger partial charge is 0.151 e. The molecule has 0 N–H and O–H groups in total. The summed E-state index contributed by atoms with van der Waals surface area (Å²) in [6.07, 6.45) is 1.99. The van der Waals surface area contributed by atoms with E-state index < -0.39 is 0 Å². The fourth-order valence-electron chi connectivity index (χ4n) is 1.54. The van der Waals surface area contributed by atoms with Crippen LogP contribution in [0.15, 0.2) is 12.3 Å². The summed E-state index contributed by atoms with van der Waals surface area (Å²) in [7, 11) is 0. The Kier molecular flexibility index (Phi) is 5.06. The lowest BCUT2D eigenvalue weighted by Gasteiger charge is -2.13. The molecule has 1 heterocycles. The van der Waals surface area contributed by atoms with Gasteiger partial charge in [0, 0.05) is 17.3 Å². The van der Waals surface area contributed by atoms with Gasteiger partial charge in [-0.2, -0.15) is 0 Å². The molecule has 0 atom stereocenters. The lowest BCUT2D eigenvalue weighted by Crippen LogP contribution is -1.93. The highest BCUT2D eigenvalue weighted by atomic mass is 35.5. The van der Waals surface area contributed by atoms with Gasteiger partial charge in [0.2, 0.25) is 0 Å². The van der Waals surface area contributed by atoms with Gasteiger partial charge in [0.15, 0.2) is 6.29 Å². The summed E-state index contributed by atoms with van der Waals surface area (Å²) in [5.41, 5.74) is 0.666. The first-order valence-electron chi connectivity index (χ1n) is 5.01. The summed E-state index contributed by atoms with van der Waals surface area (Å²) in [6.45, 7) is 0. The maximum atomic E-state index is 10.9. The molecule has 0 fully saturated rings. The van der Waals surface area contributed by atoms with Crippen molar-refractivity contribution in [3.05, 3.63) is 48.0 Å². The summed E-state index contributed by atoms with van der Waals surface area (Å²) in [5.74, 6) is 0. The molecule has 0 amide bonds. The Morgan fingerprint density at radius 2 is 1.30 bits per heavy atom. The van der Waals surface area contributed by atoms with Crippen molar-refractivity contribution in [2.45, 2.75) is 0 Å². The molecule has 0 aliphatic carbocycles. The molecular formula is C12H3Cl6NO. The van der Waals surface area contributed by atoms with Crippen molar-refractivity contribution < 1.29 is 4.79 Å². The lowest BCUT2D eigenvalue weighted by molar-refractivity contribution is 0.112. The Hall–Kier alpha value is -0.220. The molecule has 1 aromatic carbocycles. The van der Waals surface area contributed by atoms with Gasteiger partial charge in [-0.1, -0.05) is 69.6 Å². The number of aromatic nitrogens is 1. The van der Waals surface area contributed by atoms with E-state index in [1.807, 2.05) is 0 Å². The third-order valence-corrected chi connectivity index (χ3v) is 5.17. The van der Waals surface area contributed by atoms with Gasteiger partial charge in [-0.25, -0.2) is 0 Å². The fraction of sp³-hybridized carbons (Fsp3) is 0. The van der Waals surface area contributed by atoms with E-state index in [1.165, 1.54) is 12.3 Å². The van der Waals surface area contributed by atoms with Crippen LogP contribution >= 0.6 is 69.6 Å². The molecule has 2 nitrogen and oxygen atoms in total. The predicted molar refractivity (Wildman–Crippen MR) is 85.1 cm³/mol. The van der Waals surface area contributed by atoms with Crippen molar-refractivity contribution >= 4 is 75.9 Å². The zero-order chi connectivity index (χ0) is 15.0. The molecular weight excluding hydrogens is 387 g/mol. The van der Waals surface area contributed by atoms with Crippen molar-refractivity contribution in [3.63, 3.8) is 0 Å². The summed E-state index contributed by atoms with van der Waals surface area (Å²) in [6, 6.07) is 1.46. The Morgan fingerprint density at radius 3 is 1.80 bits per heavy atom. The molecule has 0 bridgehead atoms. The largest absolute Gasteiger partial charge is 0.298 e. The first-order chi connectivity index (χ1) is 9.40. The van der Waals surface area contributed by atoms with Crippen LogP contribution in [0.1, 0.15) is 10.4 Å². The molecule has 0 aliphatic heterocycles. The number of nitrogens with zero attached hydrogens (tertiary/aromatic N) is 1. The highest BCUT2D eigenvalue weighted by Gasteiger charge is 2.23. The number of carbonyl (C=O) groups excluding carboxylic acids is 1. The monoisotopic (exact) mass is 387 g/mol. The second-order valence-corrected chi connectivity index (χ2v) is 5.89. The van der Waals surface area contributed by atoms with E-state index in [0.717, 1.165) is 0 Å². The van der Waals surface area contributed by atoms with Crippen molar-refractivity contribution in [1.29, 1.82) is 0 Å². The number of pyridine rings is 1. The summed E-state index contributed by atoms with van der Waals surface area (Å²) in [4.78, 5) is 15.0. The van der Waals surface area contributed by atoms with Gasteiger partial charge in [0.05, 0.1) is 35.8 Å². The summed E-state index contributed by atoms with van der Waals surface area (Å²) < 4.78 is 0. The van der Waals surface area contributed by atoms with Gasteiger partial charge < -0.3 is 0 Å². The zero-order valence-electron chi connectivity index (χ0n) is 9.36. The van der Waals surface area contributed by atoms with Crippen LogP contribution in [0.3, 0.4) is 0 Å². The van der Waals surface area contributed by atoms with Crippen LogP contribution in [-0.4, -0.2) is 11.3 Å². The second kappa shape index (κ2) is 6.27. The standard InChI is InChI=1S/C12H3Cl6NO/c13-6-4(3-20)1-2-19-12(6)5-7(14)9(16)11(18)10(17)8(5)15/h1-3H. The average Bonchev–Trinajstić information content (AvgIpc) is 2.45. The molecule has 2 aromatic rings. The van der Waals surface area contributed by atoms with Crippen molar-refractivity contribution in [2.75, 3.05) is 0 Å². The van der Waals surface area contributed by atoms with Crippen molar-refractivity contribution in [1.82, 2.24) is 4.98 Å². The van der Waals surface area contributed by atoms with Crippen LogP contribution in [0.5, 0.6) is 0 Å². The first-order valence-corrected chi connectivity index (χ1v) is 7.28. The first kappa shape index (κ1) is 16.2. The quantitative estimate of drug-likeness (QED) is 0.334. The maximum absolute atomic E-state index is 10.9. The topological polar surface area (TPSA) is 30.0 Å². The SMILES string of the molecule is O=Cc1ccnc(-c2c(Cl)c(Cl)c(Cl)c(Cl)c2Cl)c1Cl. The van der Waals surface area contributed by atoms with Gasteiger partial charge in [0.25, 0.3) is 0 Å². The zero-order valence-corrected chi connectivity index (χ0v) is 13.9. The molecule has 0 unspecified atom stereocenters. The number of hydrogen-bond donors (Lipinski definition) is 0. The van der Waals surface area contributed by atoms with Crippen LogP contribution in [-0.2, 0) is 0 Å². The molecule has 8 heteroatoms. The number of halogens is 6.